The molecule has 0 radical (unpaired) electrons. The minimum Gasteiger partial charge on any atom is -0.496 e. The summed E-state index contributed by atoms with van der Waals surface area (Å²) in [7, 11) is 1.60. The van der Waals surface area contributed by atoms with Gasteiger partial charge >= 0.3 is 0 Å². The molecular formula is C21H20N4O2. The first-order chi connectivity index (χ1) is 13.3. The Morgan fingerprint density at radius 3 is 2.85 bits per heavy atom. The van der Waals surface area contributed by atoms with Crippen LogP contribution in [0.2, 0.25) is 0 Å². The summed E-state index contributed by atoms with van der Waals surface area (Å²) in [5.41, 5.74) is 4.52. The van der Waals surface area contributed by atoms with Crippen LogP contribution < -0.4 is 10.1 Å². The van der Waals surface area contributed by atoms with Crippen molar-refractivity contribution in [2.45, 2.75) is 13.2 Å². The summed E-state index contributed by atoms with van der Waals surface area (Å²) in [6.45, 7) is 0.507. The van der Waals surface area contributed by atoms with Crippen LogP contribution in [0.1, 0.15) is 11.3 Å². The van der Waals surface area contributed by atoms with E-state index in [-0.39, 0.29) is 6.61 Å². The van der Waals surface area contributed by atoms with Gasteiger partial charge in [0.1, 0.15) is 17.2 Å². The molecule has 3 aromatic heterocycles. The van der Waals surface area contributed by atoms with Crippen molar-refractivity contribution in [1.82, 2.24) is 15.0 Å². The lowest BCUT2D eigenvalue weighted by molar-refractivity contribution is 0.274. The Labute approximate surface area is 156 Å². The molecule has 3 N–H and O–H groups in total. The number of H-pyrrole nitrogens is 1. The van der Waals surface area contributed by atoms with Crippen LogP contribution in [-0.2, 0) is 13.2 Å². The number of anilines is 1. The zero-order valence-corrected chi connectivity index (χ0v) is 14.9. The number of fused-ring (bicyclic) bond motifs is 1. The van der Waals surface area contributed by atoms with Crippen LogP contribution in [0.3, 0.4) is 0 Å². The first kappa shape index (κ1) is 17.1. The fourth-order valence-electron chi connectivity index (χ4n) is 3.12. The lowest BCUT2D eigenvalue weighted by atomic mass is 10.0. The van der Waals surface area contributed by atoms with Gasteiger partial charge in [-0.25, -0.2) is 4.98 Å². The Bertz CT molecular complexity index is 1060. The number of hydrogen-bond donors (Lipinski definition) is 3. The van der Waals surface area contributed by atoms with E-state index in [0.29, 0.717) is 12.3 Å². The molecule has 6 heteroatoms. The van der Waals surface area contributed by atoms with Crippen molar-refractivity contribution in [3.05, 3.63) is 72.2 Å². The van der Waals surface area contributed by atoms with E-state index < -0.39 is 0 Å². The number of pyridine rings is 2. The Morgan fingerprint density at radius 1 is 1.15 bits per heavy atom. The molecule has 0 atom stereocenters. The molecule has 6 nitrogen and oxygen atoms in total. The molecule has 27 heavy (non-hydrogen) atoms. The summed E-state index contributed by atoms with van der Waals surface area (Å²) in [4.78, 5) is 12.2. The summed E-state index contributed by atoms with van der Waals surface area (Å²) in [6, 6.07) is 15.7. The minimum atomic E-state index is -0.0802. The first-order valence-corrected chi connectivity index (χ1v) is 8.68. The second-order valence-electron chi connectivity index (χ2n) is 6.15. The monoisotopic (exact) mass is 360 g/mol. The van der Waals surface area contributed by atoms with Crippen molar-refractivity contribution in [3.8, 4) is 16.9 Å². The van der Waals surface area contributed by atoms with Gasteiger partial charge in [-0.15, -0.1) is 0 Å². The highest BCUT2D eigenvalue weighted by molar-refractivity contribution is 5.95. The number of aliphatic hydroxyl groups is 1. The SMILES string of the molecule is COc1ccc(-c2cc(NCc3ccccn3)nc3[nH]ccc23)cc1CO. The van der Waals surface area contributed by atoms with Gasteiger partial charge in [0.05, 0.1) is 26.0 Å². The van der Waals surface area contributed by atoms with Crippen molar-refractivity contribution >= 4 is 16.9 Å². The lowest BCUT2D eigenvalue weighted by Crippen LogP contribution is -2.03. The van der Waals surface area contributed by atoms with E-state index in [1.165, 1.54) is 0 Å². The van der Waals surface area contributed by atoms with E-state index in [2.05, 4.69) is 20.3 Å². The molecule has 0 unspecified atom stereocenters. The second kappa shape index (κ2) is 7.47. The van der Waals surface area contributed by atoms with Crippen molar-refractivity contribution in [2.24, 2.45) is 0 Å². The van der Waals surface area contributed by atoms with Crippen molar-refractivity contribution in [1.29, 1.82) is 0 Å². The fourth-order valence-corrected chi connectivity index (χ4v) is 3.12. The van der Waals surface area contributed by atoms with Gasteiger partial charge in [0.2, 0.25) is 0 Å². The highest BCUT2D eigenvalue weighted by Gasteiger charge is 2.11. The minimum absolute atomic E-state index is 0.0802. The van der Waals surface area contributed by atoms with E-state index in [1.54, 1.807) is 13.3 Å². The Balaban J connectivity index is 1.73. The lowest BCUT2D eigenvalue weighted by Gasteiger charge is -2.12. The molecule has 4 rings (SSSR count). The molecule has 1 aromatic carbocycles. The van der Waals surface area contributed by atoms with Crippen molar-refractivity contribution < 1.29 is 9.84 Å². The predicted molar refractivity (Wildman–Crippen MR) is 106 cm³/mol. The molecule has 0 spiro atoms. The van der Waals surface area contributed by atoms with Crippen LogP contribution in [0.4, 0.5) is 5.82 Å². The van der Waals surface area contributed by atoms with Gasteiger partial charge in [-0.3, -0.25) is 4.98 Å². The molecule has 0 bridgehead atoms. The topological polar surface area (TPSA) is 83.1 Å². The number of nitrogens with one attached hydrogen (secondary N) is 2. The van der Waals surface area contributed by atoms with Gasteiger partial charge in [0, 0.05) is 23.3 Å². The third-order valence-corrected chi connectivity index (χ3v) is 4.47. The highest BCUT2D eigenvalue weighted by atomic mass is 16.5. The number of aromatic nitrogens is 3. The molecule has 0 amide bonds. The number of nitrogens with zero attached hydrogens (tertiary/aromatic N) is 2. The van der Waals surface area contributed by atoms with Gasteiger partial charge < -0.3 is 20.1 Å². The normalized spacial score (nSPS) is 10.9. The molecule has 0 aliphatic rings. The Morgan fingerprint density at radius 2 is 2.07 bits per heavy atom. The molecule has 3 heterocycles. The number of ether oxygens (including phenoxy) is 1. The summed E-state index contributed by atoms with van der Waals surface area (Å²) in [5, 5.41) is 14.0. The van der Waals surface area contributed by atoms with Crippen LogP contribution in [0, 0.1) is 0 Å². The fraction of sp³-hybridized carbons (Fsp3) is 0.143. The number of rotatable bonds is 6. The number of benzene rings is 1. The summed E-state index contributed by atoms with van der Waals surface area (Å²) < 4.78 is 5.31. The number of hydrogen-bond acceptors (Lipinski definition) is 5. The van der Waals surface area contributed by atoms with Gasteiger partial charge in [-0.2, -0.15) is 0 Å². The highest BCUT2D eigenvalue weighted by Crippen LogP contribution is 2.33. The first-order valence-electron chi connectivity index (χ1n) is 8.68. The summed E-state index contributed by atoms with van der Waals surface area (Å²) >= 11 is 0. The largest absolute Gasteiger partial charge is 0.496 e. The molecule has 4 aromatic rings. The van der Waals surface area contributed by atoms with Crippen LogP contribution in [0.15, 0.2) is 60.9 Å². The third-order valence-electron chi connectivity index (χ3n) is 4.47. The molecule has 136 valence electrons. The van der Waals surface area contributed by atoms with Crippen LogP contribution in [-0.4, -0.2) is 27.2 Å². The van der Waals surface area contributed by atoms with Crippen molar-refractivity contribution in [2.75, 3.05) is 12.4 Å². The molecule has 0 aliphatic heterocycles. The van der Waals surface area contributed by atoms with E-state index >= 15 is 0 Å². The van der Waals surface area contributed by atoms with Crippen LogP contribution in [0.25, 0.3) is 22.2 Å². The maximum absolute atomic E-state index is 9.64. The average Bonchev–Trinajstić information content (AvgIpc) is 3.20. The number of aliphatic hydroxyl groups excluding tert-OH is 1. The average molecular weight is 360 g/mol. The Hall–Kier alpha value is -3.38. The predicted octanol–water partition coefficient (Wildman–Crippen LogP) is 3.74. The van der Waals surface area contributed by atoms with E-state index in [0.717, 1.165) is 39.2 Å². The Kier molecular flexibility index (Phi) is 4.72. The summed E-state index contributed by atoms with van der Waals surface area (Å²) in [5.74, 6) is 1.43. The van der Waals surface area contributed by atoms with Gasteiger partial charge in [0.25, 0.3) is 0 Å². The summed E-state index contributed by atoms with van der Waals surface area (Å²) in [6.07, 6.45) is 3.65. The zero-order chi connectivity index (χ0) is 18.6. The zero-order valence-electron chi connectivity index (χ0n) is 14.9. The van der Waals surface area contributed by atoms with Crippen LogP contribution >= 0.6 is 0 Å². The quantitative estimate of drug-likeness (QED) is 0.488. The third kappa shape index (κ3) is 3.47. The molecule has 0 fully saturated rings. The van der Waals surface area contributed by atoms with E-state index in [4.69, 9.17) is 4.74 Å². The molecule has 0 aliphatic carbocycles. The maximum Gasteiger partial charge on any atom is 0.140 e. The number of aromatic amines is 1. The molecular weight excluding hydrogens is 340 g/mol. The van der Waals surface area contributed by atoms with Crippen molar-refractivity contribution in [3.63, 3.8) is 0 Å². The van der Waals surface area contributed by atoms with E-state index in [9.17, 15) is 5.11 Å². The smallest absolute Gasteiger partial charge is 0.140 e. The van der Waals surface area contributed by atoms with Crippen LogP contribution in [0.5, 0.6) is 5.75 Å². The van der Waals surface area contributed by atoms with Gasteiger partial charge in [-0.1, -0.05) is 12.1 Å². The molecule has 0 saturated heterocycles. The maximum atomic E-state index is 9.64. The van der Waals surface area contributed by atoms with Gasteiger partial charge in [0.15, 0.2) is 0 Å². The molecule has 0 saturated carbocycles. The van der Waals surface area contributed by atoms with E-state index in [1.807, 2.05) is 54.7 Å². The standard InChI is InChI=1S/C21H20N4O2/c1-27-19-6-5-14(10-15(19)13-26)18-11-20(25-21-17(18)7-9-23-21)24-12-16-4-2-3-8-22-16/h2-11,26H,12-13H2,1H3,(H2,23,24,25). The van der Waals surface area contributed by atoms with Gasteiger partial charge in [-0.05, 0) is 47.5 Å². The second-order valence-corrected chi connectivity index (χ2v) is 6.15. The number of methoxy groups -OCH3 is 1.